The van der Waals surface area contributed by atoms with Crippen molar-refractivity contribution >= 4 is 33.9 Å². The highest BCUT2D eigenvalue weighted by molar-refractivity contribution is 5.81. The molecule has 1 amide bonds. The minimum atomic E-state index is -1.30. The predicted octanol–water partition coefficient (Wildman–Crippen LogP) is 0.734. The Morgan fingerprint density at radius 1 is 1.18 bits per heavy atom. The molecule has 5 rings (SSSR count). The highest BCUT2D eigenvalue weighted by atomic mass is 16.3. The van der Waals surface area contributed by atoms with Crippen LogP contribution in [0.2, 0.25) is 0 Å². The molecule has 1 aliphatic rings. The van der Waals surface area contributed by atoms with Crippen LogP contribution in [0.3, 0.4) is 0 Å². The second-order valence-corrected chi connectivity index (χ2v) is 8.79. The molecule has 1 saturated heterocycles. The number of nitrogens with two attached hydrogens (primary N) is 1. The molecule has 0 unspecified atom stereocenters. The first-order valence-corrected chi connectivity index (χ1v) is 10.8. The van der Waals surface area contributed by atoms with Crippen molar-refractivity contribution in [3.8, 4) is 0 Å². The Bertz CT molecular complexity index is 1310. The molecule has 4 N–H and O–H groups in total. The van der Waals surface area contributed by atoms with E-state index in [0.29, 0.717) is 17.7 Å². The molecule has 4 aromatic rings. The molecule has 0 spiro atoms. The average Bonchev–Trinajstić information content (AvgIpc) is 3.36. The van der Waals surface area contributed by atoms with E-state index in [4.69, 9.17) is 5.73 Å². The number of nitrogen functional groups attached to an aromatic ring is 1. The van der Waals surface area contributed by atoms with Gasteiger partial charge >= 0.3 is 0 Å². The zero-order chi connectivity index (χ0) is 23.2. The first kappa shape index (κ1) is 21.3. The Hall–Kier alpha value is -3.57. The molecule has 0 bridgehead atoms. The summed E-state index contributed by atoms with van der Waals surface area (Å²) in [6.07, 6.45) is 4.10. The lowest BCUT2D eigenvalue weighted by Crippen LogP contribution is -2.42. The number of anilines is 1. The lowest BCUT2D eigenvalue weighted by atomic mass is 9.91. The quantitative estimate of drug-likeness (QED) is 0.412. The third-order valence-electron chi connectivity index (χ3n) is 6.36. The van der Waals surface area contributed by atoms with Gasteiger partial charge in [0.15, 0.2) is 11.5 Å². The summed E-state index contributed by atoms with van der Waals surface area (Å²) in [5, 5.41) is 21.8. The van der Waals surface area contributed by atoms with Crippen LogP contribution >= 0.6 is 0 Å². The van der Waals surface area contributed by atoms with E-state index in [1.54, 1.807) is 29.0 Å². The number of aryl methyl sites for hydroxylation is 1. The maximum Gasteiger partial charge on any atom is 0.224 e. The zero-order valence-corrected chi connectivity index (χ0v) is 18.2. The van der Waals surface area contributed by atoms with E-state index in [-0.39, 0.29) is 37.7 Å². The molecular formula is C22H26N8O3. The van der Waals surface area contributed by atoms with Gasteiger partial charge in [0.25, 0.3) is 0 Å². The molecule has 33 heavy (non-hydrogen) atoms. The molecule has 1 aliphatic heterocycles. The molecule has 1 aromatic carbocycles. The van der Waals surface area contributed by atoms with Gasteiger partial charge in [0.2, 0.25) is 5.91 Å². The minimum absolute atomic E-state index is 0.105. The van der Waals surface area contributed by atoms with Crippen LogP contribution in [0.1, 0.15) is 25.8 Å². The number of nitrogens with zero attached hydrogens (tertiary/aromatic N) is 7. The maximum atomic E-state index is 13.2. The van der Waals surface area contributed by atoms with Crippen molar-refractivity contribution in [1.29, 1.82) is 0 Å². The lowest BCUT2D eigenvalue weighted by Gasteiger charge is -2.34. The summed E-state index contributed by atoms with van der Waals surface area (Å²) in [4.78, 5) is 31.7. The van der Waals surface area contributed by atoms with Gasteiger partial charge in [-0.3, -0.25) is 4.79 Å². The van der Waals surface area contributed by atoms with Crippen LogP contribution in [0, 0.1) is 0 Å². The Balaban J connectivity index is 1.40. The number of likely N-dealkylation sites (tertiary alicyclic amines) is 1. The summed E-state index contributed by atoms with van der Waals surface area (Å²) < 4.78 is 3.66. The third-order valence-corrected chi connectivity index (χ3v) is 6.36. The molecule has 3 atom stereocenters. The Morgan fingerprint density at radius 2 is 2.00 bits per heavy atom. The van der Waals surface area contributed by atoms with Gasteiger partial charge in [-0.15, -0.1) is 0 Å². The maximum absolute atomic E-state index is 13.2. The van der Waals surface area contributed by atoms with E-state index in [2.05, 4.69) is 19.9 Å². The molecular weight excluding hydrogens is 424 g/mol. The van der Waals surface area contributed by atoms with Crippen LogP contribution in [0.5, 0.6) is 0 Å². The molecule has 11 heteroatoms. The number of carbonyl (C=O) groups is 1. The van der Waals surface area contributed by atoms with Crippen molar-refractivity contribution in [2.45, 2.75) is 44.1 Å². The highest BCUT2D eigenvalue weighted by Gasteiger charge is 2.42. The largest absolute Gasteiger partial charge is 0.391 e. The normalized spacial score (nSPS) is 23.8. The molecule has 1 fully saturated rings. The smallest absolute Gasteiger partial charge is 0.224 e. The van der Waals surface area contributed by atoms with E-state index in [1.807, 2.05) is 28.8 Å². The highest BCUT2D eigenvalue weighted by Crippen LogP contribution is 2.34. The van der Waals surface area contributed by atoms with Gasteiger partial charge in [-0.1, -0.05) is 12.1 Å². The predicted molar refractivity (Wildman–Crippen MR) is 121 cm³/mol. The molecule has 11 nitrogen and oxygen atoms in total. The van der Waals surface area contributed by atoms with E-state index in [0.717, 1.165) is 11.0 Å². The number of amides is 1. The van der Waals surface area contributed by atoms with Crippen LogP contribution in [-0.4, -0.2) is 74.9 Å². The van der Waals surface area contributed by atoms with Crippen LogP contribution in [0.25, 0.3) is 22.2 Å². The van der Waals surface area contributed by atoms with Crippen molar-refractivity contribution in [1.82, 2.24) is 34.0 Å². The molecule has 0 saturated carbocycles. The number of hydrogen-bond donors (Lipinski definition) is 3. The summed E-state index contributed by atoms with van der Waals surface area (Å²) in [6, 6.07) is 7.18. The first-order valence-electron chi connectivity index (χ1n) is 10.8. The van der Waals surface area contributed by atoms with E-state index in [1.165, 1.54) is 6.33 Å². The van der Waals surface area contributed by atoms with Crippen LogP contribution in [0.4, 0.5) is 5.82 Å². The average molecular weight is 451 g/mol. The van der Waals surface area contributed by atoms with Crippen molar-refractivity contribution < 1.29 is 15.0 Å². The molecule has 3 aromatic heterocycles. The Labute approximate surface area is 189 Å². The topological polar surface area (TPSA) is 148 Å². The number of benzene rings is 1. The fourth-order valence-electron chi connectivity index (χ4n) is 4.66. The SMILES string of the molecule is C[C@]1(O)C[C@@H](O)CN(C(=O)CCn2cnc3ccccc32)C[C@@H]1n1cnc2c(N)ncnc21. The van der Waals surface area contributed by atoms with E-state index in [9.17, 15) is 15.0 Å². The number of carbonyl (C=O) groups excluding carboxylic acids is 1. The Kier molecular flexibility index (Phi) is 5.22. The van der Waals surface area contributed by atoms with Crippen LogP contribution in [0.15, 0.2) is 43.2 Å². The van der Waals surface area contributed by atoms with Crippen molar-refractivity contribution in [2.75, 3.05) is 18.8 Å². The van der Waals surface area contributed by atoms with Gasteiger partial charge in [-0.05, 0) is 19.1 Å². The number of para-hydroxylation sites is 2. The Morgan fingerprint density at radius 3 is 2.85 bits per heavy atom. The monoisotopic (exact) mass is 450 g/mol. The van der Waals surface area contributed by atoms with E-state index < -0.39 is 17.7 Å². The number of rotatable bonds is 4. The molecule has 0 aliphatic carbocycles. The number of fused-ring (bicyclic) bond motifs is 2. The second kappa shape index (κ2) is 8.09. The van der Waals surface area contributed by atoms with Gasteiger partial charge in [0.1, 0.15) is 11.8 Å². The van der Waals surface area contributed by atoms with Gasteiger partial charge in [-0.25, -0.2) is 19.9 Å². The number of aliphatic hydroxyl groups is 2. The summed E-state index contributed by atoms with van der Waals surface area (Å²) in [5.41, 5.74) is 7.36. The summed E-state index contributed by atoms with van der Waals surface area (Å²) >= 11 is 0. The van der Waals surface area contributed by atoms with Gasteiger partial charge in [0.05, 0.1) is 41.4 Å². The number of β-amino-alcohol motifs (C(OH)–C–C–N with tert-alkyl or cyclic N) is 1. The van der Waals surface area contributed by atoms with Crippen molar-refractivity contribution in [3.05, 3.63) is 43.2 Å². The minimum Gasteiger partial charge on any atom is -0.391 e. The van der Waals surface area contributed by atoms with Gasteiger partial charge in [-0.2, -0.15) is 0 Å². The number of aromatic nitrogens is 6. The fourth-order valence-corrected chi connectivity index (χ4v) is 4.66. The second-order valence-electron chi connectivity index (χ2n) is 8.79. The molecule has 172 valence electrons. The van der Waals surface area contributed by atoms with Gasteiger partial charge in [0, 0.05) is 32.5 Å². The van der Waals surface area contributed by atoms with Gasteiger partial charge < -0.3 is 30.0 Å². The summed E-state index contributed by atoms with van der Waals surface area (Å²) in [7, 11) is 0. The number of imidazole rings is 2. The van der Waals surface area contributed by atoms with E-state index >= 15 is 0 Å². The summed E-state index contributed by atoms with van der Waals surface area (Å²) in [5.74, 6) is 0.126. The van der Waals surface area contributed by atoms with Crippen molar-refractivity contribution in [3.63, 3.8) is 0 Å². The third kappa shape index (κ3) is 3.89. The molecule has 4 heterocycles. The molecule has 0 radical (unpaired) electrons. The van der Waals surface area contributed by atoms with Crippen LogP contribution < -0.4 is 5.73 Å². The first-order chi connectivity index (χ1) is 15.8. The summed E-state index contributed by atoms with van der Waals surface area (Å²) in [6.45, 7) is 2.45. The van der Waals surface area contributed by atoms with Crippen LogP contribution in [-0.2, 0) is 11.3 Å². The fraction of sp³-hybridized carbons (Fsp3) is 0.409. The van der Waals surface area contributed by atoms with Crippen molar-refractivity contribution in [2.24, 2.45) is 0 Å². The number of aliphatic hydroxyl groups excluding tert-OH is 1. The lowest BCUT2D eigenvalue weighted by molar-refractivity contribution is -0.133. The standard InChI is InChI=1S/C22H26N8O3/c1-22(33)8-14(31)9-29(10-17(22)30-13-27-19-20(23)24-11-25-21(19)30)18(32)6-7-28-12-26-15-4-2-3-5-16(15)28/h2-5,11-14,17,31,33H,6-10H2,1H3,(H2,23,24,25)/t14-,17+,22+/m1/s1. The zero-order valence-electron chi connectivity index (χ0n) is 18.2. The number of hydrogen-bond acceptors (Lipinski definition) is 8.